The summed E-state index contributed by atoms with van der Waals surface area (Å²) in [6.07, 6.45) is 1.59. The van der Waals surface area contributed by atoms with E-state index in [1.165, 1.54) is 0 Å². The van der Waals surface area contributed by atoms with Crippen molar-refractivity contribution in [3.63, 3.8) is 0 Å². The van der Waals surface area contributed by atoms with Gasteiger partial charge in [0.2, 0.25) is 0 Å². The summed E-state index contributed by atoms with van der Waals surface area (Å²) in [4.78, 5) is 38.5. The van der Waals surface area contributed by atoms with Crippen LogP contribution in [0.3, 0.4) is 0 Å². The molecule has 2 amide bonds. The van der Waals surface area contributed by atoms with E-state index in [2.05, 4.69) is 79.9 Å². The summed E-state index contributed by atoms with van der Waals surface area (Å²) < 4.78 is 0. The number of nitrogens with zero attached hydrogens (tertiary/aromatic N) is 2. The standard InChI is InChI=1S/C42H50N4O2/c1-39(2,3)25-41(7,8)45-37(47)31-22-33(27-17-13-11-14-18-27)43-35-24-36-30(21-29(31)35)32(23-34(44-36)28-19-15-12-16-20-28)38(48)46-42(9,10)26-40(4,5)6/h11-24H,25-26H2,1-10H3,(H,45,47)(H,46,48). The quantitative estimate of drug-likeness (QED) is 0.165. The van der Waals surface area contributed by atoms with Gasteiger partial charge < -0.3 is 10.6 Å². The Morgan fingerprint density at radius 3 is 1.21 bits per heavy atom. The molecule has 0 spiro atoms. The van der Waals surface area contributed by atoms with Crippen LogP contribution in [0.25, 0.3) is 44.3 Å². The van der Waals surface area contributed by atoms with Crippen molar-refractivity contribution in [3.8, 4) is 22.5 Å². The molecule has 5 rings (SSSR count). The van der Waals surface area contributed by atoms with Crippen LogP contribution in [0.5, 0.6) is 0 Å². The maximum Gasteiger partial charge on any atom is 0.252 e. The van der Waals surface area contributed by atoms with Crippen molar-refractivity contribution in [1.29, 1.82) is 0 Å². The fraction of sp³-hybridized carbons (Fsp3) is 0.381. The summed E-state index contributed by atoms with van der Waals surface area (Å²) in [6, 6.07) is 27.3. The van der Waals surface area contributed by atoms with Gasteiger partial charge in [0.05, 0.1) is 33.5 Å². The Balaban J connectivity index is 1.74. The molecule has 0 aliphatic heterocycles. The monoisotopic (exact) mass is 642 g/mol. The van der Waals surface area contributed by atoms with Gasteiger partial charge in [-0.2, -0.15) is 0 Å². The highest BCUT2D eigenvalue weighted by Gasteiger charge is 2.30. The van der Waals surface area contributed by atoms with Gasteiger partial charge in [-0.3, -0.25) is 9.59 Å². The van der Waals surface area contributed by atoms with Crippen molar-refractivity contribution >= 4 is 33.6 Å². The van der Waals surface area contributed by atoms with E-state index in [1.54, 1.807) is 0 Å². The third-order valence-corrected chi connectivity index (χ3v) is 8.22. The minimum absolute atomic E-state index is 0.0215. The van der Waals surface area contributed by atoms with Crippen LogP contribution in [0.1, 0.15) is 103 Å². The molecule has 0 aliphatic rings. The number of hydrogen-bond donors (Lipinski definition) is 2. The molecule has 0 atom stereocenters. The van der Waals surface area contributed by atoms with Crippen LogP contribution in [0.15, 0.2) is 84.9 Å². The maximum atomic E-state index is 14.2. The molecule has 0 bridgehead atoms. The molecule has 250 valence electrons. The molecule has 0 saturated carbocycles. The van der Waals surface area contributed by atoms with Crippen molar-refractivity contribution in [2.45, 2.75) is 93.2 Å². The van der Waals surface area contributed by atoms with Gasteiger partial charge in [-0.05, 0) is 75.6 Å². The van der Waals surface area contributed by atoms with Crippen LogP contribution >= 0.6 is 0 Å². The second kappa shape index (κ2) is 12.8. The number of hydrogen-bond acceptors (Lipinski definition) is 4. The van der Waals surface area contributed by atoms with Crippen molar-refractivity contribution in [2.75, 3.05) is 0 Å². The lowest BCUT2D eigenvalue weighted by molar-refractivity contribution is 0.0883. The molecule has 0 aliphatic carbocycles. The van der Waals surface area contributed by atoms with E-state index in [1.807, 2.05) is 84.9 Å². The molecular weight excluding hydrogens is 592 g/mol. The smallest absolute Gasteiger partial charge is 0.252 e. The zero-order valence-corrected chi connectivity index (χ0v) is 30.2. The van der Waals surface area contributed by atoms with Crippen LogP contribution in [0.4, 0.5) is 0 Å². The molecule has 2 N–H and O–H groups in total. The van der Waals surface area contributed by atoms with Crippen molar-refractivity contribution in [1.82, 2.24) is 20.6 Å². The van der Waals surface area contributed by atoms with Gasteiger partial charge in [0.15, 0.2) is 0 Å². The minimum atomic E-state index is -0.454. The number of benzene rings is 3. The fourth-order valence-corrected chi connectivity index (χ4v) is 7.33. The predicted octanol–water partition coefficient (Wildman–Crippen LogP) is 10.0. The van der Waals surface area contributed by atoms with E-state index in [0.29, 0.717) is 44.3 Å². The number of rotatable bonds is 8. The number of carbonyl (C=O) groups is 2. The van der Waals surface area contributed by atoms with Crippen LogP contribution in [-0.2, 0) is 0 Å². The molecule has 5 aromatic rings. The number of carbonyl (C=O) groups excluding carboxylic acids is 2. The van der Waals surface area contributed by atoms with Gasteiger partial charge in [0, 0.05) is 33.0 Å². The van der Waals surface area contributed by atoms with Gasteiger partial charge in [0.25, 0.3) is 11.8 Å². The number of pyridine rings is 2. The first kappa shape index (κ1) is 34.7. The Labute approximate surface area is 285 Å². The van der Waals surface area contributed by atoms with Gasteiger partial charge in [-0.15, -0.1) is 0 Å². The van der Waals surface area contributed by atoms with Crippen molar-refractivity contribution in [3.05, 3.63) is 96.1 Å². The Bertz CT molecular complexity index is 1820. The number of nitrogens with one attached hydrogen (secondary N) is 2. The molecule has 0 unspecified atom stereocenters. The molecule has 3 aromatic carbocycles. The molecule has 0 radical (unpaired) electrons. The first-order valence-corrected chi connectivity index (χ1v) is 16.8. The second-order valence-corrected chi connectivity index (χ2v) is 16.9. The van der Waals surface area contributed by atoms with Gasteiger partial charge >= 0.3 is 0 Å². The highest BCUT2D eigenvalue weighted by Crippen LogP contribution is 2.34. The molecule has 0 saturated heterocycles. The predicted molar refractivity (Wildman–Crippen MR) is 199 cm³/mol. The third-order valence-electron chi connectivity index (χ3n) is 8.22. The van der Waals surface area contributed by atoms with Gasteiger partial charge in [0.1, 0.15) is 0 Å². The van der Waals surface area contributed by atoms with E-state index < -0.39 is 11.1 Å². The molecule has 2 heterocycles. The topological polar surface area (TPSA) is 84.0 Å². The zero-order valence-electron chi connectivity index (χ0n) is 30.2. The van der Waals surface area contributed by atoms with Crippen LogP contribution in [0.2, 0.25) is 0 Å². The lowest BCUT2D eigenvalue weighted by atomic mass is 9.81. The Morgan fingerprint density at radius 2 is 0.875 bits per heavy atom. The fourth-order valence-electron chi connectivity index (χ4n) is 7.33. The number of aromatic nitrogens is 2. The van der Waals surface area contributed by atoms with Crippen LogP contribution < -0.4 is 10.6 Å². The summed E-state index contributed by atoms with van der Waals surface area (Å²) in [5.74, 6) is -0.362. The van der Waals surface area contributed by atoms with Gasteiger partial charge in [-0.1, -0.05) is 102 Å². The maximum absolute atomic E-state index is 14.2. The summed E-state index contributed by atoms with van der Waals surface area (Å²) in [5, 5.41) is 7.95. The average molecular weight is 643 g/mol. The van der Waals surface area contributed by atoms with Crippen molar-refractivity contribution in [2.24, 2.45) is 10.8 Å². The molecule has 2 aromatic heterocycles. The largest absolute Gasteiger partial charge is 0.347 e. The highest BCUT2D eigenvalue weighted by molar-refractivity contribution is 6.14. The first-order chi connectivity index (χ1) is 22.3. The summed E-state index contributed by atoms with van der Waals surface area (Å²) in [5.41, 5.74) is 4.65. The van der Waals surface area contributed by atoms with Gasteiger partial charge in [-0.25, -0.2) is 9.97 Å². The van der Waals surface area contributed by atoms with Crippen LogP contribution in [0, 0.1) is 10.8 Å². The summed E-state index contributed by atoms with van der Waals surface area (Å²) >= 11 is 0. The summed E-state index contributed by atoms with van der Waals surface area (Å²) in [6.45, 7) is 21.3. The van der Waals surface area contributed by atoms with E-state index in [0.717, 1.165) is 24.0 Å². The molecule has 0 fully saturated rings. The first-order valence-electron chi connectivity index (χ1n) is 16.8. The highest BCUT2D eigenvalue weighted by atomic mass is 16.2. The van der Waals surface area contributed by atoms with E-state index >= 15 is 0 Å². The van der Waals surface area contributed by atoms with Crippen LogP contribution in [-0.4, -0.2) is 32.9 Å². The molecular formula is C42H50N4O2. The Hall–Kier alpha value is -4.58. The Morgan fingerprint density at radius 1 is 0.521 bits per heavy atom. The summed E-state index contributed by atoms with van der Waals surface area (Å²) in [7, 11) is 0. The number of fused-ring (bicyclic) bond motifs is 2. The minimum Gasteiger partial charge on any atom is -0.347 e. The molecule has 48 heavy (non-hydrogen) atoms. The normalized spacial score (nSPS) is 12.7. The molecule has 6 heteroatoms. The average Bonchev–Trinajstić information content (AvgIpc) is 2.96. The lowest BCUT2D eigenvalue weighted by Crippen LogP contribution is -2.46. The van der Waals surface area contributed by atoms with E-state index in [-0.39, 0.29) is 22.6 Å². The second-order valence-electron chi connectivity index (χ2n) is 16.9. The van der Waals surface area contributed by atoms with Crippen molar-refractivity contribution < 1.29 is 9.59 Å². The SMILES string of the molecule is CC(C)(C)CC(C)(C)NC(=O)c1cc(-c2ccccc2)nc2cc3nc(-c4ccccc4)cc(C(=O)NC(C)(C)CC(C)(C)C)c3cc12. The number of amides is 2. The van der Waals surface area contributed by atoms with E-state index in [4.69, 9.17) is 9.97 Å². The third kappa shape index (κ3) is 8.46. The van der Waals surface area contributed by atoms with E-state index in [9.17, 15) is 9.59 Å². The molecule has 6 nitrogen and oxygen atoms in total. The Kier molecular flexibility index (Phi) is 9.26. The zero-order chi connectivity index (χ0) is 35.1. The lowest BCUT2D eigenvalue weighted by Gasteiger charge is -2.33.